The second-order valence-electron chi connectivity index (χ2n) is 9.48. The van der Waals surface area contributed by atoms with Crippen LogP contribution in [0.3, 0.4) is 0 Å². The molecular weight excluding hydrogens is 434 g/mol. The number of nitrogen functional groups attached to an aromatic ring is 1. The quantitative estimate of drug-likeness (QED) is 0.553. The normalized spacial score (nSPS) is 24.5. The standard InChI is InChI=1S/C25H29N5O2S/c1-14-2-7-21-22(26)23(33-25(21)28-14)24(31)29-17-5-3-16-9-19(6-4-15(16)8-17)30-11-18-13-32-20(12-30)10-27-18/h2,4,6-7,9,17-18,20,27H,3,5,8,10-13,26H2,1H3,(H,29,31)/t17-,18?,20?/m0/s1. The van der Waals surface area contributed by atoms with Crippen molar-refractivity contribution in [1.29, 1.82) is 0 Å². The maximum absolute atomic E-state index is 13.0. The number of morpholine rings is 1. The van der Waals surface area contributed by atoms with E-state index < -0.39 is 0 Å². The number of aryl methyl sites for hydroxylation is 2. The zero-order valence-electron chi connectivity index (χ0n) is 18.8. The number of nitrogens with one attached hydrogen (secondary N) is 2. The lowest BCUT2D eigenvalue weighted by Gasteiger charge is -2.29. The molecule has 2 bridgehead atoms. The minimum atomic E-state index is -0.0919. The number of carbonyl (C=O) groups excluding carboxylic acids is 1. The lowest BCUT2D eigenvalue weighted by Crippen LogP contribution is -2.45. The number of amides is 1. The molecule has 2 aromatic heterocycles. The maximum Gasteiger partial charge on any atom is 0.263 e. The van der Waals surface area contributed by atoms with Gasteiger partial charge in [-0.05, 0) is 61.6 Å². The molecule has 5 heterocycles. The van der Waals surface area contributed by atoms with Gasteiger partial charge in [0.05, 0.1) is 18.4 Å². The number of carbonyl (C=O) groups is 1. The van der Waals surface area contributed by atoms with Gasteiger partial charge in [0.15, 0.2) is 0 Å². The fourth-order valence-corrected chi connectivity index (χ4v) is 6.31. The Bertz CT molecular complexity index is 1200. The van der Waals surface area contributed by atoms with Crippen LogP contribution in [0, 0.1) is 6.92 Å². The molecule has 3 atom stereocenters. The summed E-state index contributed by atoms with van der Waals surface area (Å²) in [7, 11) is 0. The van der Waals surface area contributed by atoms with Crippen LogP contribution in [0.25, 0.3) is 10.2 Å². The van der Waals surface area contributed by atoms with Crippen molar-refractivity contribution in [3.8, 4) is 0 Å². The van der Waals surface area contributed by atoms with Crippen molar-refractivity contribution in [2.75, 3.05) is 36.9 Å². The van der Waals surface area contributed by atoms with Crippen LogP contribution in [-0.2, 0) is 17.6 Å². The topological polar surface area (TPSA) is 92.5 Å². The van der Waals surface area contributed by atoms with E-state index in [1.807, 2.05) is 19.1 Å². The van der Waals surface area contributed by atoms with Gasteiger partial charge in [0.2, 0.25) is 0 Å². The van der Waals surface area contributed by atoms with E-state index in [4.69, 9.17) is 10.5 Å². The van der Waals surface area contributed by atoms with Crippen LogP contribution in [0.5, 0.6) is 0 Å². The van der Waals surface area contributed by atoms with Crippen LogP contribution >= 0.6 is 11.3 Å². The summed E-state index contributed by atoms with van der Waals surface area (Å²) in [5, 5.41) is 7.66. The van der Waals surface area contributed by atoms with Gasteiger partial charge < -0.3 is 26.0 Å². The molecule has 0 spiro atoms. The molecule has 3 fully saturated rings. The van der Waals surface area contributed by atoms with Crippen LogP contribution in [-0.4, -0.2) is 55.3 Å². The molecule has 4 aliphatic rings. The van der Waals surface area contributed by atoms with Gasteiger partial charge in [-0.25, -0.2) is 4.98 Å². The van der Waals surface area contributed by atoms with E-state index in [2.05, 4.69) is 38.7 Å². The van der Waals surface area contributed by atoms with Gasteiger partial charge in [0, 0.05) is 48.5 Å². The molecule has 1 aromatic carbocycles. The van der Waals surface area contributed by atoms with Crippen LogP contribution in [0.2, 0.25) is 0 Å². The summed E-state index contributed by atoms with van der Waals surface area (Å²) in [4.78, 5) is 21.4. The molecule has 33 heavy (non-hydrogen) atoms. The number of rotatable bonds is 3. The lowest BCUT2D eigenvalue weighted by molar-refractivity contribution is 0.0259. The van der Waals surface area contributed by atoms with E-state index in [1.54, 1.807) is 0 Å². The van der Waals surface area contributed by atoms with Gasteiger partial charge in [-0.1, -0.05) is 6.07 Å². The van der Waals surface area contributed by atoms with Crippen molar-refractivity contribution in [3.05, 3.63) is 52.0 Å². The Morgan fingerprint density at radius 3 is 3.03 bits per heavy atom. The highest BCUT2D eigenvalue weighted by atomic mass is 32.1. The molecule has 4 N–H and O–H groups in total. The fraction of sp³-hybridized carbons (Fsp3) is 0.440. The smallest absolute Gasteiger partial charge is 0.263 e. The molecule has 7 nitrogen and oxygen atoms in total. The zero-order valence-corrected chi connectivity index (χ0v) is 19.6. The summed E-state index contributed by atoms with van der Waals surface area (Å²) in [5.74, 6) is -0.0919. The molecule has 172 valence electrons. The molecule has 7 rings (SSSR count). The molecule has 3 aromatic rings. The summed E-state index contributed by atoms with van der Waals surface area (Å²) in [6.45, 7) is 5.60. The third-order valence-corrected chi connectivity index (χ3v) is 8.20. The van der Waals surface area contributed by atoms with Crippen LogP contribution in [0.4, 0.5) is 11.4 Å². The molecule has 3 saturated heterocycles. The third-order valence-electron chi connectivity index (χ3n) is 7.09. The highest BCUT2D eigenvalue weighted by molar-refractivity contribution is 7.21. The van der Waals surface area contributed by atoms with Gasteiger partial charge in [-0.2, -0.15) is 0 Å². The Labute approximate surface area is 197 Å². The van der Waals surface area contributed by atoms with Crippen LogP contribution < -0.4 is 21.3 Å². The number of thiophene rings is 1. The first-order valence-corrected chi connectivity index (χ1v) is 12.5. The van der Waals surface area contributed by atoms with Gasteiger partial charge in [-0.15, -0.1) is 11.3 Å². The number of nitrogens with two attached hydrogens (primary N) is 1. The van der Waals surface area contributed by atoms with Crippen molar-refractivity contribution in [2.45, 2.75) is 44.4 Å². The van der Waals surface area contributed by atoms with Gasteiger partial charge >= 0.3 is 0 Å². The SMILES string of the molecule is Cc1ccc2c(N)c(C(=O)N[C@H]3CCc4cc(N5CC6COC(CN6)C5)ccc4C3)sc2n1. The van der Waals surface area contributed by atoms with E-state index in [0.717, 1.165) is 61.4 Å². The van der Waals surface area contributed by atoms with Gasteiger partial charge in [0.25, 0.3) is 5.91 Å². The van der Waals surface area contributed by atoms with Crippen molar-refractivity contribution >= 4 is 38.8 Å². The second kappa shape index (κ2) is 8.27. The second-order valence-corrected chi connectivity index (χ2v) is 10.5. The average molecular weight is 464 g/mol. The lowest BCUT2D eigenvalue weighted by atomic mass is 9.87. The highest BCUT2D eigenvalue weighted by Gasteiger charge is 2.30. The number of pyridine rings is 1. The first kappa shape index (κ1) is 20.9. The Kier molecular flexibility index (Phi) is 5.24. The minimum absolute atomic E-state index is 0.0919. The predicted octanol–water partition coefficient (Wildman–Crippen LogP) is 2.65. The minimum Gasteiger partial charge on any atom is -0.397 e. The number of fused-ring (bicyclic) bond motifs is 6. The molecule has 0 radical (unpaired) electrons. The largest absolute Gasteiger partial charge is 0.397 e. The van der Waals surface area contributed by atoms with Crippen molar-refractivity contribution in [2.24, 2.45) is 0 Å². The molecule has 1 aliphatic carbocycles. The molecular formula is C25H29N5O2S. The summed E-state index contributed by atoms with van der Waals surface area (Å²) in [6.07, 6.45) is 3.01. The summed E-state index contributed by atoms with van der Waals surface area (Å²) >= 11 is 1.38. The first-order chi connectivity index (χ1) is 16.0. The number of aromatic nitrogens is 1. The maximum atomic E-state index is 13.0. The van der Waals surface area contributed by atoms with Gasteiger partial charge in [-0.3, -0.25) is 4.79 Å². The number of nitrogens with zero attached hydrogens (tertiary/aromatic N) is 2. The molecule has 8 heteroatoms. The van der Waals surface area contributed by atoms with E-state index in [1.165, 1.54) is 28.2 Å². The average Bonchev–Trinajstić information content (AvgIpc) is 2.97. The predicted molar refractivity (Wildman–Crippen MR) is 132 cm³/mol. The van der Waals surface area contributed by atoms with Crippen molar-refractivity contribution in [3.63, 3.8) is 0 Å². The zero-order chi connectivity index (χ0) is 22.5. The summed E-state index contributed by atoms with van der Waals surface area (Å²) in [5.41, 5.74) is 11.7. The van der Waals surface area contributed by atoms with Crippen molar-refractivity contribution < 1.29 is 9.53 Å². The Balaban J connectivity index is 1.16. The van der Waals surface area contributed by atoms with E-state index >= 15 is 0 Å². The monoisotopic (exact) mass is 463 g/mol. The Morgan fingerprint density at radius 1 is 1.27 bits per heavy atom. The van der Waals surface area contributed by atoms with Crippen LogP contribution in [0.15, 0.2) is 30.3 Å². The summed E-state index contributed by atoms with van der Waals surface area (Å²) < 4.78 is 5.93. The van der Waals surface area contributed by atoms with E-state index in [-0.39, 0.29) is 18.1 Å². The fourth-order valence-electron chi connectivity index (χ4n) is 5.27. The van der Waals surface area contributed by atoms with E-state index in [0.29, 0.717) is 16.6 Å². The highest BCUT2D eigenvalue weighted by Crippen LogP contribution is 2.33. The molecule has 0 saturated carbocycles. The summed E-state index contributed by atoms with van der Waals surface area (Å²) in [6, 6.07) is 11.2. The van der Waals surface area contributed by atoms with Crippen molar-refractivity contribution in [1.82, 2.24) is 15.6 Å². The Morgan fingerprint density at radius 2 is 2.18 bits per heavy atom. The number of benzene rings is 1. The number of anilines is 2. The molecule has 1 amide bonds. The molecule has 3 aliphatic heterocycles. The van der Waals surface area contributed by atoms with Gasteiger partial charge in [0.1, 0.15) is 9.71 Å². The number of hydrogen-bond acceptors (Lipinski definition) is 7. The van der Waals surface area contributed by atoms with Crippen LogP contribution in [0.1, 0.15) is 32.9 Å². The number of hydrogen-bond donors (Lipinski definition) is 3. The third kappa shape index (κ3) is 3.96. The Hall–Kier alpha value is -2.68. The number of ether oxygens (including phenoxy) is 1. The first-order valence-electron chi connectivity index (χ1n) is 11.7. The van der Waals surface area contributed by atoms with E-state index in [9.17, 15) is 4.79 Å². The molecule has 2 unspecified atom stereocenters.